The molecule has 0 aliphatic carbocycles. The molecule has 11 heteroatoms. The van der Waals surface area contributed by atoms with E-state index in [2.05, 4.69) is 80.2 Å². The van der Waals surface area contributed by atoms with Crippen molar-refractivity contribution in [1.29, 1.82) is 0 Å². The number of hydrogen-bond acceptors (Lipinski definition) is 11. The highest BCUT2D eigenvalue weighted by Crippen LogP contribution is 2.29. The van der Waals surface area contributed by atoms with Crippen molar-refractivity contribution in [2.24, 2.45) is 0 Å². The number of aromatic nitrogens is 2. The van der Waals surface area contributed by atoms with E-state index in [9.17, 15) is 0 Å². The first-order valence-electron chi connectivity index (χ1n) is 16.4. The third-order valence-corrected chi connectivity index (χ3v) is 8.43. The molecule has 260 valence electrons. The first kappa shape index (κ1) is 38.0. The lowest BCUT2D eigenvalue weighted by molar-refractivity contribution is 0.603. The van der Waals surface area contributed by atoms with Crippen LogP contribution in [0.1, 0.15) is 48.0 Å². The molecule has 1 unspecified atom stereocenters. The summed E-state index contributed by atoms with van der Waals surface area (Å²) >= 11 is 1.43. The number of benzene rings is 5. The molecule has 0 fully saturated rings. The van der Waals surface area contributed by atoms with Crippen LogP contribution in [0.3, 0.4) is 0 Å². The molecule has 0 spiro atoms. The summed E-state index contributed by atoms with van der Waals surface area (Å²) < 4.78 is 0. The lowest BCUT2D eigenvalue weighted by Crippen LogP contribution is -2.36. The topological polar surface area (TPSA) is 197 Å². The third-order valence-electron chi connectivity index (χ3n) is 7.66. The number of nitrogens with zero attached hydrogens (tertiary/aromatic N) is 3. The van der Waals surface area contributed by atoms with E-state index in [1.165, 1.54) is 22.4 Å². The van der Waals surface area contributed by atoms with Crippen LogP contribution in [0, 0.1) is 0 Å². The standard InChI is InChI=1S/C14H18N2.C10H10N2.C8H16N4S.C6H8N2/c1-3-10(2)16-14-9-8-13(15)11-6-4-5-7-12(11)14;11-9-5-6-10(12)8-4-2-1-3-7(8)9;1-5(2)12(6(3)4)8-11-10-7(9)13-8;7-5-1-2-6(8)4-3-5/h4-10,16H,3,15H2,1-2H3;1-6H,11-12H2;5-6H,1-4H3,(H2,9,10);1-4H,7-8H2. The molecule has 0 saturated carbocycles. The number of rotatable bonds is 6. The van der Waals surface area contributed by atoms with E-state index in [0.717, 1.165) is 56.1 Å². The van der Waals surface area contributed by atoms with E-state index in [1.807, 2.05) is 54.6 Å². The van der Waals surface area contributed by atoms with Crippen molar-refractivity contribution in [3.05, 3.63) is 97.1 Å². The Hall–Kier alpha value is -5.42. The number of nitrogen functional groups attached to an aromatic ring is 6. The largest absolute Gasteiger partial charge is 0.399 e. The van der Waals surface area contributed by atoms with E-state index in [4.69, 9.17) is 34.4 Å². The van der Waals surface area contributed by atoms with Gasteiger partial charge >= 0.3 is 0 Å². The first-order chi connectivity index (χ1) is 23.3. The molecule has 1 aromatic heterocycles. The molecule has 1 heterocycles. The highest BCUT2D eigenvalue weighted by Gasteiger charge is 2.17. The van der Waals surface area contributed by atoms with E-state index in [-0.39, 0.29) is 0 Å². The Morgan fingerprint density at radius 1 is 0.571 bits per heavy atom. The Morgan fingerprint density at radius 3 is 1.37 bits per heavy atom. The highest BCUT2D eigenvalue weighted by atomic mass is 32.1. The monoisotopic (exact) mass is 680 g/mol. The second-order valence-electron chi connectivity index (χ2n) is 12.2. The summed E-state index contributed by atoms with van der Waals surface area (Å²) in [6.07, 6.45) is 1.11. The van der Waals surface area contributed by atoms with Gasteiger partial charge in [-0.15, -0.1) is 10.2 Å². The lowest BCUT2D eigenvalue weighted by atomic mass is 10.1. The van der Waals surface area contributed by atoms with Crippen LogP contribution in [0.15, 0.2) is 97.1 Å². The predicted octanol–water partition coefficient (Wildman–Crippen LogP) is 8.23. The van der Waals surface area contributed by atoms with Crippen LogP contribution in [0.2, 0.25) is 0 Å². The zero-order valence-electron chi connectivity index (χ0n) is 29.4. The fourth-order valence-corrected chi connectivity index (χ4v) is 5.90. The van der Waals surface area contributed by atoms with Gasteiger partial charge in [0, 0.05) is 73.8 Å². The molecule has 6 rings (SSSR count). The minimum Gasteiger partial charge on any atom is -0.399 e. The Balaban J connectivity index is 0.000000181. The number of hydrogen-bond donors (Lipinski definition) is 7. The van der Waals surface area contributed by atoms with Gasteiger partial charge in [0.2, 0.25) is 10.3 Å². The van der Waals surface area contributed by atoms with Crippen molar-refractivity contribution >= 4 is 77.3 Å². The van der Waals surface area contributed by atoms with Crippen molar-refractivity contribution in [2.75, 3.05) is 44.6 Å². The van der Waals surface area contributed by atoms with Crippen LogP contribution < -0.4 is 44.6 Å². The van der Waals surface area contributed by atoms with Crippen LogP contribution in [0.25, 0.3) is 21.5 Å². The van der Waals surface area contributed by atoms with Crippen molar-refractivity contribution in [3.63, 3.8) is 0 Å². The second-order valence-corrected chi connectivity index (χ2v) is 13.2. The molecular formula is C38H52N10S. The molecule has 0 aliphatic heterocycles. The summed E-state index contributed by atoms with van der Waals surface area (Å²) in [7, 11) is 0. The third kappa shape index (κ3) is 11.1. The number of anilines is 8. The maximum Gasteiger partial charge on any atom is 0.210 e. The van der Waals surface area contributed by atoms with E-state index < -0.39 is 0 Å². The molecule has 0 aliphatic rings. The van der Waals surface area contributed by atoms with E-state index >= 15 is 0 Å². The van der Waals surface area contributed by atoms with Gasteiger partial charge in [0.1, 0.15) is 0 Å². The molecule has 5 aromatic carbocycles. The number of fused-ring (bicyclic) bond motifs is 2. The molecular weight excluding hydrogens is 629 g/mol. The molecule has 0 saturated heterocycles. The van der Waals surface area contributed by atoms with Crippen molar-refractivity contribution in [2.45, 2.75) is 66.1 Å². The molecule has 6 aromatic rings. The molecule has 13 N–H and O–H groups in total. The normalized spacial score (nSPS) is 11.1. The van der Waals surface area contributed by atoms with E-state index in [1.54, 1.807) is 24.3 Å². The summed E-state index contributed by atoms with van der Waals surface area (Å²) in [4.78, 5) is 2.20. The Labute approximate surface area is 294 Å². The Morgan fingerprint density at radius 2 is 0.980 bits per heavy atom. The van der Waals surface area contributed by atoms with Gasteiger partial charge in [-0.1, -0.05) is 66.8 Å². The van der Waals surface area contributed by atoms with Crippen LogP contribution >= 0.6 is 11.3 Å². The van der Waals surface area contributed by atoms with Gasteiger partial charge < -0.3 is 44.6 Å². The van der Waals surface area contributed by atoms with Gasteiger partial charge in [-0.05, 0) is 89.6 Å². The van der Waals surface area contributed by atoms with Crippen molar-refractivity contribution < 1.29 is 0 Å². The number of nitrogens with one attached hydrogen (secondary N) is 1. The van der Waals surface area contributed by atoms with Gasteiger partial charge in [-0.25, -0.2) is 0 Å². The van der Waals surface area contributed by atoms with Gasteiger partial charge in [-0.3, -0.25) is 0 Å². The van der Waals surface area contributed by atoms with Gasteiger partial charge in [-0.2, -0.15) is 0 Å². The maximum atomic E-state index is 5.96. The average molecular weight is 681 g/mol. The Kier molecular flexibility index (Phi) is 14.1. The molecule has 1 atom stereocenters. The first-order valence-corrected chi connectivity index (χ1v) is 17.2. The van der Waals surface area contributed by atoms with Crippen LogP contribution in [-0.2, 0) is 0 Å². The lowest BCUT2D eigenvalue weighted by Gasteiger charge is -2.29. The minimum absolute atomic E-state index is 0.423. The molecule has 0 amide bonds. The fourth-order valence-electron chi connectivity index (χ4n) is 5.03. The molecule has 0 bridgehead atoms. The van der Waals surface area contributed by atoms with E-state index in [0.29, 0.717) is 23.3 Å². The average Bonchev–Trinajstić information content (AvgIpc) is 3.51. The zero-order chi connectivity index (χ0) is 36.1. The zero-order valence-corrected chi connectivity index (χ0v) is 30.2. The highest BCUT2D eigenvalue weighted by molar-refractivity contribution is 7.18. The quantitative estimate of drug-likeness (QED) is 0.0841. The van der Waals surface area contributed by atoms with Crippen LogP contribution in [0.4, 0.5) is 44.4 Å². The van der Waals surface area contributed by atoms with Gasteiger partial charge in [0.25, 0.3) is 0 Å². The number of nitrogens with two attached hydrogens (primary N) is 6. The van der Waals surface area contributed by atoms with Crippen LogP contribution in [0.5, 0.6) is 0 Å². The Bertz CT molecular complexity index is 1820. The smallest absolute Gasteiger partial charge is 0.210 e. The summed E-state index contributed by atoms with van der Waals surface area (Å²) in [6, 6.07) is 32.2. The summed E-state index contributed by atoms with van der Waals surface area (Å²) in [6.45, 7) is 12.9. The van der Waals surface area contributed by atoms with Gasteiger partial charge in [0.05, 0.1) is 0 Å². The second kappa shape index (κ2) is 18.2. The molecule has 49 heavy (non-hydrogen) atoms. The van der Waals surface area contributed by atoms with Gasteiger partial charge in [0.15, 0.2) is 0 Å². The predicted molar refractivity (Wildman–Crippen MR) is 217 cm³/mol. The minimum atomic E-state index is 0.423. The summed E-state index contributed by atoms with van der Waals surface area (Å²) in [5.74, 6) is 0. The molecule has 10 nitrogen and oxygen atoms in total. The van der Waals surface area contributed by atoms with Crippen molar-refractivity contribution in [3.8, 4) is 0 Å². The summed E-state index contributed by atoms with van der Waals surface area (Å²) in [5.41, 5.74) is 38.8. The van der Waals surface area contributed by atoms with Crippen molar-refractivity contribution in [1.82, 2.24) is 10.2 Å². The molecule has 0 radical (unpaired) electrons. The SMILES string of the molecule is CC(C)N(c1nnc(N)s1)C(C)C.CCC(C)Nc1ccc(N)c2ccccc12.Nc1ccc(N)c2ccccc12.Nc1ccc(N)cc1. The maximum absolute atomic E-state index is 5.96. The fraction of sp³-hybridized carbons (Fsp3) is 0.263. The van der Waals surface area contributed by atoms with Crippen LogP contribution in [-0.4, -0.2) is 28.3 Å². The summed E-state index contributed by atoms with van der Waals surface area (Å²) in [5, 5.41) is 17.1.